The van der Waals surface area contributed by atoms with Crippen LogP contribution in [0.25, 0.3) is 0 Å². The smallest absolute Gasteiger partial charge is 0.257 e. The zero-order chi connectivity index (χ0) is 15.5. The van der Waals surface area contributed by atoms with Gasteiger partial charge >= 0.3 is 0 Å². The molecule has 2 aromatic carbocycles. The number of carbonyl (C=O) groups is 1. The van der Waals surface area contributed by atoms with Crippen molar-refractivity contribution < 1.29 is 4.79 Å². The van der Waals surface area contributed by atoms with Crippen LogP contribution in [0.2, 0.25) is 5.02 Å². The summed E-state index contributed by atoms with van der Waals surface area (Å²) < 4.78 is 0. The number of carbonyl (C=O) groups excluding carboxylic acids is 1. The molecule has 0 saturated heterocycles. The summed E-state index contributed by atoms with van der Waals surface area (Å²) in [6.45, 7) is 2.84. The van der Waals surface area contributed by atoms with Gasteiger partial charge in [0.1, 0.15) is 6.17 Å². The Morgan fingerprint density at radius 1 is 1.14 bits per heavy atom. The molecule has 0 aliphatic carbocycles. The van der Waals surface area contributed by atoms with Crippen LogP contribution >= 0.6 is 11.6 Å². The number of amides is 1. The number of nitrogens with zero attached hydrogens (tertiary/aromatic N) is 1. The second kappa shape index (κ2) is 6.41. The Kier molecular flexibility index (Phi) is 4.34. The van der Waals surface area contributed by atoms with Crippen molar-refractivity contribution in [3.8, 4) is 0 Å². The molecule has 0 radical (unpaired) electrons. The van der Waals surface area contributed by atoms with Gasteiger partial charge in [0.15, 0.2) is 0 Å². The van der Waals surface area contributed by atoms with Gasteiger partial charge < -0.3 is 10.2 Å². The molecule has 114 valence electrons. The van der Waals surface area contributed by atoms with E-state index in [1.54, 1.807) is 0 Å². The fourth-order valence-electron chi connectivity index (χ4n) is 2.79. The highest BCUT2D eigenvalue weighted by atomic mass is 35.5. The van der Waals surface area contributed by atoms with E-state index in [-0.39, 0.29) is 12.1 Å². The summed E-state index contributed by atoms with van der Waals surface area (Å²) in [7, 11) is 0. The Hall–Kier alpha value is -2.00. The standard InChI is InChI=1S/C18H19ClN2O/c1-2-3-12-21-17(13-8-4-6-10-15(13)19)20-16-11-7-5-9-14(16)18(21)22/h4-11,17,20H,2-3,12H2,1H3. The van der Waals surface area contributed by atoms with Crippen LogP contribution in [-0.4, -0.2) is 17.4 Å². The second-order valence-electron chi connectivity index (χ2n) is 5.47. The number of unbranched alkanes of at least 4 members (excludes halogenated alkanes) is 1. The lowest BCUT2D eigenvalue weighted by molar-refractivity contribution is 0.0680. The highest BCUT2D eigenvalue weighted by molar-refractivity contribution is 6.31. The summed E-state index contributed by atoms with van der Waals surface area (Å²) in [6.07, 6.45) is 1.79. The van der Waals surface area contributed by atoms with Crippen LogP contribution < -0.4 is 5.32 Å². The molecule has 1 aliphatic heterocycles. The zero-order valence-corrected chi connectivity index (χ0v) is 13.3. The topological polar surface area (TPSA) is 32.3 Å². The van der Waals surface area contributed by atoms with Crippen LogP contribution in [0.1, 0.15) is 41.9 Å². The summed E-state index contributed by atoms with van der Waals surface area (Å²) in [4.78, 5) is 14.7. The van der Waals surface area contributed by atoms with Gasteiger partial charge in [-0.05, 0) is 24.6 Å². The third-order valence-corrected chi connectivity index (χ3v) is 4.32. The van der Waals surface area contributed by atoms with Crippen LogP contribution in [-0.2, 0) is 0 Å². The first-order chi connectivity index (χ1) is 10.7. The minimum absolute atomic E-state index is 0.0627. The lowest BCUT2D eigenvalue weighted by atomic mass is 10.0. The fraction of sp³-hybridized carbons (Fsp3) is 0.278. The van der Waals surface area contributed by atoms with Crippen LogP contribution in [0.15, 0.2) is 48.5 Å². The van der Waals surface area contributed by atoms with E-state index >= 15 is 0 Å². The minimum atomic E-state index is -0.220. The third kappa shape index (κ3) is 2.69. The maximum Gasteiger partial charge on any atom is 0.257 e. The molecule has 2 aromatic rings. The van der Waals surface area contributed by atoms with Crippen molar-refractivity contribution in [3.05, 3.63) is 64.7 Å². The zero-order valence-electron chi connectivity index (χ0n) is 12.6. The first-order valence-corrected chi connectivity index (χ1v) is 8.01. The molecule has 1 N–H and O–H groups in total. The molecule has 4 heteroatoms. The first kappa shape index (κ1) is 14.9. The van der Waals surface area contributed by atoms with Crippen LogP contribution in [0.4, 0.5) is 5.69 Å². The Morgan fingerprint density at radius 3 is 2.64 bits per heavy atom. The van der Waals surface area contributed by atoms with Crippen LogP contribution in [0, 0.1) is 0 Å². The van der Waals surface area contributed by atoms with Gasteiger partial charge in [0.2, 0.25) is 0 Å². The van der Waals surface area contributed by atoms with E-state index in [1.807, 2.05) is 53.4 Å². The molecule has 1 heterocycles. The molecule has 3 nitrogen and oxygen atoms in total. The molecule has 1 atom stereocenters. The van der Waals surface area contributed by atoms with Crippen molar-refractivity contribution in [1.29, 1.82) is 0 Å². The number of nitrogens with one attached hydrogen (secondary N) is 1. The summed E-state index contributed by atoms with van der Waals surface area (Å²) >= 11 is 6.35. The number of rotatable bonds is 4. The predicted octanol–water partition coefficient (Wildman–Crippen LogP) is 4.71. The van der Waals surface area contributed by atoms with E-state index in [9.17, 15) is 4.79 Å². The summed E-state index contributed by atoms with van der Waals surface area (Å²) in [6, 6.07) is 15.3. The maximum atomic E-state index is 12.9. The second-order valence-corrected chi connectivity index (χ2v) is 5.87. The van der Waals surface area contributed by atoms with Crippen LogP contribution in [0.3, 0.4) is 0 Å². The monoisotopic (exact) mass is 314 g/mol. The summed E-state index contributed by atoms with van der Waals surface area (Å²) in [5.74, 6) is 0.0627. The molecule has 0 bridgehead atoms. The van der Waals surface area contributed by atoms with Crippen molar-refractivity contribution in [2.75, 3.05) is 11.9 Å². The number of halogens is 1. The van der Waals surface area contributed by atoms with Gasteiger partial charge in [0.25, 0.3) is 5.91 Å². The number of hydrogen-bond donors (Lipinski definition) is 1. The Morgan fingerprint density at radius 2 is 1.86 bits per heavy atom. The SMILES string of the molecule is CCCCN1C(=O)c2ccccc2NC1c1ccccc1Cl. The molecule has 0 aromatic heterocycles. The molecular formula is C18H19ClN2O. The average molecular weight is 315 g/mol. The van der Waals surface area contributed by atoms with Gasteiger partial charge in [-0.1, -0.05) is 55.3 Å². The normalized spacial score (nSPS) is 17.1. The minimum Gasteiger partial charge on any atom is -0.361 e. The molecule has 0 saturated carbocycles. The van der Waals surface area contributed by atoms with Crippen molar-refractivity contribution in [2.45, 2.75) is 25.9 Å². The summed E-state index contributed by atoms with van der Waals surface area (Å²) in [5, 5.41) is 4.14. The highest BCUT2D eigenvalue weighted by Crippen LogP contribution is 2.35. The molecule has 1 aliphatic rings. The number of anilines is 1. The highest BCUT2D eigenvalue weighted by Gasteiger charge is 2.33. The van der Waals surface area contributed by atoms with Crippen molar-refractivity contribution in [1.82, 2.24) is 4.90 Å². The number of benzene rings is 2. The van der Waals surface area contributed by atoms with Crippen molar-refractivity contribution in [3.63, 3.8) is 0 Å². The van der Waals surface area contributed by atoms with Crippen molar-refractivity contribution in [2.24, 2.45) is 0 Å². The van der Waals surface area contributed by atoms with Gasteiger partial charge in [-0.15, -0.1) is 0 Å². The quantitative estimate of drug-likeness (QED) is 0.886. The lowest BCUT2D eigenvalue weighted by Gasteiger charge is -2.38. The van der Waals surface area contributed by atoms with Gasteiger partial charge in [0.05, 0.1) is 5.56 Å². The number of hydrogen-bond acceptors (Lipinski definition) is 2. The van der Waals surface area contributed by atoms with E-state index in [0.29, 0.717) is 11.6 Å². The van der Waals surface area contributed by atoms with E-state index in [4.69, 9.17) is 11.6 Å². The van der Waals surface area contributed by atoms with Gasteiger partial charge in [-0.3, -0.25) is 4.79 Å². The van der Waals surface area contributed by atoms with Crippen LogP contribution in [0.5, 0.6) is 0 Å². The average Bonchev–Trinajstić information content (AvgIpc) is 2.54. The fourth-order valence-corrected chi connectivity index (χ4v) is 3.03. The molecular weight excluding hydrogens is 296 g/mol. The van der Waals surface area contributed by atoms with E-state index in [1.165, 1.54) is 0 Å². The van der Waals surface area contributed by atoms with E-state index in [0.717, 1.165) is 29.7 Å². The third-order valence-electron chi connectivity index (χ3n) is 3.97. The van der Waals surface area contributed by atoms with Gasteiger partial charge in [-0.2, -0.15) is 0 Å². The van der Waals surface area contributed by atoms with Gasteiger partial charge in [-0.25, -0.2) is 0 Å². The number of para-hydroxylation sites is 1. The largest absolute Gasteiger partial charge is 0.361 e. The first-order valence-electron chi connectivity index (χ1n) is 7.63. The Labute approximate surface area is 135 Å². The molecule has 1 amide bonds. The molecule has 0 spiro atoms. The van der Waals surface area contributed by atoms with E-state index < -0.39 is 0 Å². The number of fused-ring (bicyclic) bond motifs is 1. The lowest BCUT2D eigenvalue weighted by Crippen LogP contribution is -2.43. The molecule has 1 unspecified atom stereocenters. The summed E-state index contributed by atoms with van der Waals surface area (Å²) in [5.41, 5.74) is 2.52. The van der Waals surface area contributed by atoms with E-state index in [2.05, 4.69) is 12.2 Å². The molecule has 3 rings (SSSR count). The molecule has 0 fully saturated rings. The van der Waals surface area contributed by atoms with Gasteiger partial charge in [0, 0.05) is 22.8 Å². The maximum absolute atomic E-state index is 12.9. The predicted molar refractivity (Wildman–Crippen MR) is 90.2 cm³/mol. The Bertz CT molecular complexity index is 686. The Balaban J connectivity index is 2.03. The molecule has 22 heavy (non-hydrogen) atoms. The van der Waals surface area contributed by atoms with Crippen molar-refractivity contribution >= 4 is 23.2 Å².